The largest absolute Gasteiger partial charge is 0.356 e. The van der Waals surface area contributed by atoms with E-state index in [1.807, 2.05) is 54.6 Å². The number of hydrogen-bond donors (Lipinski definition) is 1. The highest BCUT2D eigenvalue weighted by molar-refractivity contribution is 6.02. The zero-order chi connectivity index (χ0) is 15.6. The second kappa shape index (κ2) is 5.53. The molecule has 4 rings (SSSR count). The predicted octanol–water partition coefficient (Wildman–Crippen LogP) is 3.56. The summed E-state index contributed by atoms with van der Waals surface area (Å²) in [7, 11) is 0. The molecule has 2 aromatic heterocycles. The van der Waals surface area contributed by atoms with Gasteiger partial charge >= 0.3 is 0 Å². The van der Waals surface area contributed by atoms with Crippen molar-refractivity contribution in [3.63, 3.8) is 0 Å². The van der Waals surface area contributed by atoms with Crippen molar-refractivity contribution in [3.8, 4) is 0 Å². The minimum absolute atomic E-state index is 0.139. The Labute approximate surface area is 131 Å². The highest BCUT2D eigenvalue weighted by Crippen LogP contribution is 2.22. The third-order valence-corrected chi connectivity index (χ3v) is 3.70. The van der Waals surface area contributed by atoms with Gasteiger partial charge in [0.2, 0.25) is 5.91 Å². The molecule has 112 valence electrons. The van der Waals surface area contributed by atoms with E-state index < -0.39 is 0 Å². The number of anilines is 1. The van der Waals surface area contributed by atoms with Gasteiger partial charge in [0.25, 0.3) is 0 Å². The van der Waals surface area contributed by atoms with Crippen LogP contribution < -0.4 is 5.32 Å². The number of aromatic nitrogens is 2. The van der Waals surface area contributed by atoms with Gasteiger partial charge in [0.15, 0.2) is 5.58 Å². The number of rotatable bonds is 3. The van der Waals surface area contributed by atoms with Gasteiger partial charge in [-0.2, -0.15) is 0 Å². The molecule has 0 unspecified atom stereocenters. The zero-order valence-corrected chi connectivity index (χ0v) is 12.2. The fourth-order valence-electron chi connectivity index (χ4n) is 2.62. The van der Waals surface area contributed by atoms with E-state index in [0.29, 0.717) is 11.3 Å². The number of hydrogen-bond acceptors (Lipinski definition) is 4. The maximum atomic E-state index is 12.4. The molecule has 0 bridgehead atoms. The van der Waals surface area contributed by atoms with E-state index in [0.717, 1.165) is 22.0 Å². The van der Waals surface area contributed by atoms with E-state index in [4.69, 9.17) is 4.52 Å². The maximum absolute atomic E-state index is 12.4. The third kappa shape index (κ3) is 2.53. The van der Waals surface area contributed by atoms with E-state index in [2.05, 4.69) is 15.5 Å². The second-order valence-corrected chi connectivity index (χ2v) is 5.23. The number of pyridine rings is 1. The molecule has 5 heteroatoms. The van der Waals surface area contributed by atoms with E-state index in [1.54, 1.807) is 6.20 Å². The molecular weight excluding hydrogens is 290 g/mol. The van der Waals surface area contributed by atoms with Crippen LogP contribution in [0.4, 0.5) is 5.69 Å². The second-order valence-electron chi connectivity index (χ2n) is 5.23. The minimum Gasteiger partial charge on any atom is -0.356 e. The van der Waals surface area contributed by atoms with E-state index >= 15 is 0 Å². The van der Waals surface area contributed by atoms with Crippen LogP contribution >= 0.6 is 0 Å². The van der Waals surface area contributed by atoms with Crippen LogP contribution in [0.2, 0.25) is 0 Å². The number of nitrogens with one attached hydrogen (secondary N) is 1. The molecule has 0 saturated carbocycles. The van der Waals surface area contributed by atoms with Crippen molar-refractivity contribution in [1.29, 1.82) is 0 Å². The zero-order valence-electron chi connectivity index (χ0n) is 12.2. The van der Waals surface area contributed by atoms with Gasteiger partial charge < -0.3 is 9.84 Å². The van der Waals surface area contributed by atoms with Crippen molar-refractivity contribution in [2.24, 2.45) is 0 Å². The standard InChI is InChI=1S/C18H13N3O2/c22-18(11-16-13-5-1-2-9-17(13)23-21-16)20-15-8-3-7-14-12(15)6-4-10-19-14/h1-10H,11H2,(H,20,22). The molecule has 0 saturated heterocycles. The van der Waals surface area contributed by atoms with Crippen molar-refractivity contribution >= 4 is 33.5 Å². The summed E-state index contributed by atoms with van der Waals surface area (Å²) in [5, 5.41) is 8.69. The Kier molecular flexibility index (Phi) is 3.24. The summed E-state index contributed by atoms with van der Waals surface area (Å²) in [6.07, 6.45) is 1.89. The molecule has 0 aliphatic carbocycles. The SMILES string of the molecule is O=C(Cc1noc2ccccc12)Nc1cccc2ncccc12. The van der Waals surface area contributed by atoms with E-state index in [-0.39, 0.29) is 12.3 Å². The molecular formula is C18H13N3O2. The monoisotopic (exact) mass is 303 g/mol. The molecule has 0 radical (unpaired) electrons. The lowest BCUT2D eigenvalue weighted by Crippen LogP contribution is -2.15. The van der Waals surface area contributed by atoms with Crippen molar-refractivity contribution in [2.75, 3.05) is 5.32 Å². The van der Waals surface area contributed by atoms with Gasteiger partial charge in [0.1, 0.15) is 5.69 Å². The first-order valence-electron chi connectivity index (χ1n) is 7.28. The van der Waals surface area contributed by atoms with Crippen molar-refractivity contribution in [3.05, 3.63) is 66.5 Å². The summed E-state index contributed by atoms with van der Waals surface area (Å²) < 4.78 is 5.23. The van der Waals surface area contributed by atoms with Gasteiger partial charge in [0, 0.05) is 17.0 Å². The van der Waals surface area contributed by atoms with Crippen LogP contribution in [0, 0.1) is 0 Å². The van der Waals surface area contributed by atoms with Crippen LogP contribution in [0.3, 0.4) is 0 Å². The quantitative estimate of drug-likeness (QED) is 0.628. The summed E-state index contributed by atoms with van der Waals surface area (Å²) in [4.78, 5) is 16.6. The lowest BCUT2D eigenvalue weighted by Gasteiger charge is -2.07. The predicted molar refractivity (Wildman–Crippen MR) is 88.1 cm³/mol. The Balaban J connectivity index is 1.60. The Hall–Kier alpha value is -3.21. The number of carbonyl (C=O) groups is 1. The summed E-state index contributed by atoms with van der Waals surface area (Å²) in [5.74, 6) is -0.139. The lowest BCUT2D eigenvalue weighted by atomic mass is 10.1. The maximum Gasteiger partial charge on any atom is 0.230 e. The minimum atomic E-state index is -0.139. The van der Waals surface area contributed by atoms with Crippen molar-refractivity contribution in [1.82, 2.24) is 10.1 Å². The first kappa shape index (κ1) is 13.5. The molecule has 1 amide bonds. The third-order valence-electron chi connectivity index (χ3n) is 3.70. The van der Waals surface area contributed by atoms with Crippen LogP contribution in [-0.2, 0) is 11.2 Å². The van der Waals surface area contributed by atoms with E-state index in [9.17, 15) is 4.79 Å². The molecule has 2 heterocycles. The number of benzene rings is 2. The molecule has 0 aliphatic rings. The first-order chi connectivity index (χ1) is 11.3. The van der Waals surface area contributed by atoms with Gasteiger partial charge in [-0.05, 0) is 36.4 Å². The molecule has 23 heavy (non-hydrogen) atoms. The summed E-state index contributed by atoms with van der Waals surface area (Å²) in [5.41, 5.74) is 2.91. The van der Waals surface area contributed by atoms with Crippen LogP contribution in [-0.4, -0.2) is 16.0 Å². The number of amides is 1. The van der Waals surface area contributed by atoms with Crippen LogP contribution in [0.25, 0.3) is 21.9 Å². The van der Waals surface area contributed by atoms with Crippen LogP contribution in [0.15, 0.2) is 65.3 Å². The normalized spacial score (nSPS) is 11.0. The first-order valence-corrected chi connectivity index (χ1v) is 7.28. The molecule has 0 fully saturated rings. The van der Waals surface area contributed by atoms with Gasteiger partial charge in [-0.25, -0.2) is 0 Å². The summed E-state index contributed by atoms with van der Waals surface area (Å²) in [6, 6.07) is 16.9. The molecule has 1 N–H and O–H groups in total. The van der Waals surface area contributed by atoms with Crippen LogP contribution in [0.5, 0.6) is 0 Å². The average molecular weight is 303 g/mol. The summed E-state index contributed by atoms with van der Waals surface area (Å²) >= 11 is 0. The highest BCUT2D eigenvalue weighted by atomic mass is 16.5. The molecule has 0 spiro atoms. The Bertz CT molecular complexity index is 1000. The topological polar surface area (TPSA) is 68.0 Å². The van der Waals surface area contributed by atoms with Crippen molar-refractivity contribution < 1.29 is 9.32 Å². The van der Waals surface area contributed by atoms with Gasteiger partial charge in [-0.15, -0.1) is 0 Å². The average Bonchev–Trinajstić information content (AvgIpc) is 2.98. The van der Waals surface area contributed by atoms with E-state index in [1.165, 1.54) is 0 Å². The van der Waals surface area contributed by atoms with Crippen LogP contribution in [0.1, 0.15) is 5.69 Å². The smallest absolute Gasteiger partial charge is 0.230 e. The Morgan fingerprint density at radius 3 is 2.83 bits per heavy atom. The highest BCUT2D eigenvalue weighted by Gasteiger charge is 2.13. The lowest BCUT2D eigenvalue weighted by molar-refractivity contribution is -0.115. The van der Waals surface area contributed by atoms with Gasteiger partial charge in [-0.3, -0.25) is 9.78 Å². The number of nitrogens with zero attached hydrogens (tertiary/aromatic N) is 2. The number of para-hydroxylation sites is 1. The molecule has 0 atom stereocenters. The molecule has 4 aromatic rings. The number of fused-ring (bicyclic) bond motifs is 2. The fourth-order valence-corrected chi connectivity index (χ4v) is 2.62. The number of carbonyl (C=O) groups excluding carboxylic acids is 1. The molecule has 2 aromatic carbocycles. The Morgan fingerprint density at radius 1 is 1.00 bits per heavy atom. The molecule has 0 aliphatic heterocycles. The summed E-state index contributed by atoms with van der Waals surface area (Å²) in [6.45, 7) is 0. The molecule has 5 nitrogen and oxygen atoms in total. The fraction of sp³-hybridized carbons (Fsp3) is 0.0556. The van der Waals surface area contributed by atoms with Crippen molar-refractivity contribution in [2.45, 2.75) is 6.42 Å². The Morgan fingerprint density at radius 2 is 1.87 bits per heavy atom. The van der Waals surface area contributed by atoms with Gasteiger partial charge in [-0.1, -0.05) is 23.4 Å². The van der Waals surface area contributed by atoms with Gasteiger partial charge in [0.05, 0.1) is 17.6 Å².